The number of aliphatic hydroxyl groups excluding tert-OH is 1. The first-order valence-corrected chi connectivity index (χ1v) is 9.99. The van der Waals surface area contributed by atoms with Crippen molar-refractivity contribution in [2.24, 2.45) is 28.1 Å². The number of amides is 3. The fourth-order valence-electron chi connectivity index (χ4n) is 2.50. The number of hydrogen-bond donors (Lipinski definition) is 8. The second-order valence-electron chi connectivity index (χ2n) is 7.27. The van der Waals surface area contributed by atoms with Gasteiger partial charge in [-0.3, -0.25) is 19.4 Å². The summed E-state index contributed by atoms with van der Waals surface area (Å²) >= 11 is 0. The van der Waals surface area contributed by atoms with Crippen LogP contribution in [0, 0.1) is 5.92 Å². The molecule has 178 valence electrons. The van der Waals surface area contributed by atoms with Crippen molar-refractivity contribution in [3.8, 4) is 0 Å². The number of carbonyl (C=O) groups excluding carboxylic acids is 3. The summed E-state index contributed by atoms with van der Waals surface area (Å²) in [6, 6.07) is -3.46. The van der Waals surface area contributed by atoms with E-state index in [4.69, 9.17) is 17.2 Å². The molecule has 13 nitrogen and oxygen atoms in total. The fourth-order valence-corrected chi connectivity index (χ4v) is 2.50. The van der Waals surface area contributed by atoms with Crippen LogP contribution in [0.4, 0.5) is 0 Å². The third-order valence-electron chi connectivity index (χ3n) is 4.59. The van der Waals surface area contributed by atoms with E-state index in [-0.39, 0.29) is 18.3 Å². The van der Waals surface area contributed by atoms with Crippen molar-refractivity contribution in [2.45, 2.75) is 64.3 Å². The second kappa shape index (κ2) is 14.1. The Kier molecular flexibility index (Phi) is 12.8. The van der Waals surface area contributed by atoms with Gasteiger partial charge in [-0.15, -0.1) is 0 Å². The number of hydrogen-bond acceptors (Lipinski definition) is 7. The first-order chi connectivity index (χ1) is 14.4. The van der Waals surface area contributed by atoms with E-state index in [0.717, 1.165) is 0 Å². The van der Waals surface area contributed by atoms with Crippen molar-refractivity contribution in [1.82, 2.24) is 16.0 Å². The molecule has 0 spiro atoms. The number of aliphatic hydroxyl groups is 1. The summed E-state index contributed by atoms with van der Waals surface area (Å²) < 4.78 is 0. The van der Waals surface area contributed by atoms with Gasteiger partial charge >= 0.3 is 5.97 Å². The topological polar surface area (TPSA) is 235 Å². The zero-order valence-corrected chi connectivity index (χ0v) is 18.1. The minimum Gasteiger partial charge on any atom is -0.480 e. The number of carboxylic acid groups (broad SMARTS) is 1. The minimum absolute atomic E-state index is 0.0646. The van der Waals surface area contributed by atoms with E-state index < -0.39 is 54.5 Å². The molecule has 31 heavy (non-hydrogen) atoms. The zero-order valence-electron chi connectivity index (χ0n) is 18.1. The number of carbonyl (C=O) groups is 4. The molecule has 0 fully saturated rings. The zero-order chi connectivity index (χ0) is 24.1. The molecule has 0 aliphatic carbocycles. The number of nitrogens with zero attached hydrogens (tertiary/aromatic N) is 1. The van der Waals surface area contributed by atoms with Crippen LogP contribution in [0.5, 0.6) is 0 Å². The van der Waals surface area contributed by atoms with Crippen molar-refractivity contribution in [3.63, 3.8) is 0 Å². The van der Waals surface area contributed by atoms with Crippen LogP contribution >= 0.6 is 0 Å². The van der Waals surface area contributed by atoms with Gasteiger partial charge in [-0.25, -0.2) is 4.79 Å². The molecule has 0 saturated heterocycles. The van der Waals surface area contributed by atoms with Gasteiger partial charge in [0.05, 0.1) is 18.7 Å². The highest BCUT2D eigenvalue weighted by Crippen LogP contribution is 2.08. The molecule has 0 bridgehead atoms. The Bertz CT molecular complexity index is 651. The Morgan fingerprint density at radius 3 is 2.13 bits per heavy atom. The van der Waals surface area contributed by atoms with Gasteiger partial charge in [0.25, 0.3) is 0 Å². The smallest absolute Gasteiger partial charge is 0.326 e. The van der Waals surface area contributed by atoms with Crippen LogP contribution in [0.2, 0.25) is 0 Å². The third-order valence-corrected chi connectivity index (χ3v) is 4.59. The van der Waals surface area contributed by atoms with E-state index in [1.165, 1.54) is 6.92 Å². The predicted molar refractivity (Wildman–Crippen MR) is 114 cm³/mol. The Morgan fingerprint density at radius 2 is 1.65 bits per heavy atom. The number of guanidine groups is 1. The van der Waals surface area contributed by atoms with Crippen molar-refractivity contribution < 1.29 is 29.4 Å². The monoisotopic (exact) mass is 445 g/mol. The molecule has 11 N–H and O–H groups in total. The van der Waals surface area contributed by atoms with Crippen molar-refractivity contribution in [1.29, 1.82) is 0 Å². The summed E-state index contributed by atoms with van der Waals surface area (Å²) in [5, 5.41) is 26.1. The summed E-state index contributed by atoms with van der Waals surface area (Å²) in [7, 11) is 0. The van der Waals surface area contributed by atoms with Gasteiger partial charge in [-0.05, 0) is 25.7 Å². The van der Waals surface area contributed by atoms with Gasteiger partial charge in [0.2, 0.25) is 17.7 Å². The lowest BCUT2D eigenvalue weighted by Gasteiger charge is -2.25. The molecule has 13 heteroatoms. The lowest BCUT2D eigenvalue weighted by atomic mass is 9.98. The Hall–Kier alpha value is -2.93. The van der Waals surface area contributed by atoms with E-state index in [2.05, 4.69) is 20.9 Å². The molecule has 0 aromatic rings. The largest absolute Gasteiger partial charge is 0.480 e. The summed E-state index contributed by atoms with van der Waals surface area (Å²) in [5.74, 6) is -3.83. The maximum atomic E-state index is 12.4. The average molecular weight is 446 g/mol. The molecule has 3 amide bonds. The van der Waals surface area contributed by atoms with Crippen molar-refractivity contribution >= 4 is 29.7 Å². The van der Waals surface area contributed by atoms with Gasteiger partial charge in [-0.1, -0.05) is 20.3 Å². The van der Waals surface area contributed by atoms with Crippen molar-refractivity contribution in [3.05, 3.63) is 0 Å². The van der Waals surface area contributed by atoms with Gasteiger partial charge in [0, 0.05) is 6.54 Å². The first kappa shape index (κ1) is 28.1. The molecule has 0 saturated carbocycles. The molecule has 0 rings (SSSR count). The average Bonchev–Trinajstić information content (AvgIpc) is 2.69. The molecule has 0 radical (unpaired) electrons. The predicted octanol–water partition coefficient (Wildman–Crippen LogP) is -3.04. The molecular formula is C18H35N7O6. The summed E-state index contributed by atoms with van der Waals surface area (Å²) in [4.78, 5) is 51.6. The molecule has 0 aliphatic heterocycles. The molecule has 5 unspecified atom stereocenters. The normalized spacial score (nSPS) is 15.5. The van der Waals surface area contributed by atoms with Gasteiger partial charge in [0.15, 0.2) is 5.96 Å². The quantitative estimate of drug-likeness (QED) is 0.0769. The van der Waals surface area contributed by atoms with Gasteiger partial charge in [-0.2, -0.15) is 0 Å². The Morgan fingerprint density at radius 1 is 1.03 bits per heavy atom. The molecule has 0 aliphatic rings. The van der Waals surface area contributed by atoms with E-state index >= 15 is 0 Å². The first-order valence-electron chi connectivity index (χ1n) is 9.99. The molecule has 0 aromatic heterocycles. The lowest BCUT2D eigenvalue weighted by Crippen LogP contribution is -2.58. The van der Waals surface area contributed by atoms with Crippen LogP contribution in [0.3, 0.4) is 0 Å². The van der Waals surface area contributed by atoms with E-state index in [1.807, 2.05) is 0 Å². The highest BCUT2D eigenvalue weighted by atomic mass is 16.4. The summed E-state index contributed by atoms with van der Waals surface area (Å²) in [5.41, 5.74) is 16.1. The van der Waals surface area contributed by atoms with E-state index in [9.17, 15) is 29.4 Å². The number of nitrogens with one attached hydrogen (secondary N) is 3. The van der Waals surface area contributed by atoms with Crippen LogP contribution in [-0.4, -0.2) is 77.2 Å². The second-order valence-corrected chi connectivity index (χ2v) is 7.27. The number of aliphatic carboxylic acids is 1. The highest BCUT2D eigenvalue weighted by Gasteiger charge is 2.31. The van der Waals surface area contributed by atoms with Crippen LogP contribution in [0.1, 0.15) is 40.0 Å². The van der Waals surface area contributed by atoms with Crippen LogP contribution in [-0.2, 0) is 19.2 Å². The van der Waals surface area contributed by atoms with Crippen LogP contribution in [0.25, 0.3) is 0 Å². The Balaban J connectivity index is 4.71. The van der Waals surface area contributed by atoms with E-state index in [1.54, 1.807) is 13.8 Å². The number of aliphatic imine (C=N–C) groups is 1. The van der Waals surface area contributed by atoms with Gasteiger partial charge < -0.3 is 43.4 Å². The minimum atomic E-state index is -1.40. The Labute approximate surface area is 181 Å². The summed E-state index contributed by atoms with van der Waals surface area (Å²) in [6.45, 7) is 4.53. The number of nitrogens with two attached hydrogens (primary N) is 3. The molecule has 0 aromatic carbocycles. The van der Waals surface area contributed by atoms with E-state index in [0.29, 0.717) is 19.4 Å². The fraction of sp³-hybridized carbons (Fsp3) is 0.722. The van der Waals surface area contributed by atoms with Crippen LogP contribution < -0.4 is 33.2 Å². The number of rotatable bonds is 14. The lowest BCUT2D eigenvalue weighted by molar-refractivity contribution is -0.144. The molecular weight excluding hydrogens is 410 g/mol. The maximum Gasteiger partial charge on any atom is 0.326 e. The molecule has 5 atom stereocenters. The molecule has 0 heterocycles. The number of carboxylic acids is 1. The SMILES string of the molecule is CCC(C)C(NC(=O)C(NC(=O)CNC(=O)C(N)CCCN=C(N)N)C(C)O)C(=O)O. The third kappa shape index (κ3) is 11.1. The standard InChI is InChI=1S/C18H35N7O6/c1-4-9(2)13(17(30)31)25-16(29)14(10(3)26)24-12(27)8-23-15(28)11(19)6-5-7-22-18(20)21/h9-11,13-14,26H,4-8,19H2,1-3H3,(H,23,28)(H,24,27)(H,25,29)(H,30,31)(H4,20,21,22). The summed E-state index contributed by atoms with van der Waals surface area (Å²) in [6.07, 6.45) is -0.0518. The van der Waals surface area contributed by atoms with Gasteiger partial charge in [0.1, 0.15) is 12.1 Å². The van der Waals surface area contributed by atoms with Crippen LogP contribution in [0.15, 0.2) is 4.99 Å². The van der Waals surface area contributed by atoms with Crippen molar-refractivity contribution in [2.75, 3.05) is 13.1 Å². The highest BCUT2D eigenvalue weighted by molar-refractivity contribution is 5.92. The maximum absolute atomic E-state index is 12.4.